The SMILES string of the molecule is CCc1ncc2c(n1)CN(CC(=O)NCc1ccccn1)CC2. The third-order valence-corrected chi connectivity index (χ3v) is 3.95. The van der Waals surface area contributed by atoms with Crippen LogP contribution in [0.5, 0.6) is 0 Å². The largest absolute Gasteiger partial charge is 0.349 e. The number of aromatic nitrogens is 3. The normalized spacial score (nSPS) is 14.3. The Bertz CT molecular complexity index is 674. The molecule has 0 spiro atoms. The summed E-state index contributed by atoms with van der Waals surface area (Å²) in [6.07, 6.45) is 5.39. The first-order valence-electron chi connectivity index (χ1n) is 7.97. The Hall–Kier alpha value is -2.34. The minimum Gasteiger partial charge on any atom is -0.349 e. The molecule has 0 saturated heterocycles. The third kappa shape index (κ3) is 4.10. The van der Waals surface area contributed by atoms with E-state index in [2.05, 4.69) is 25.2 Å². The summed E-state index contributed by atoms with van der Waals surface area (Å²) in [5.74, 6) is 0.883. The van der Waals surface area contributed by atoms with Gasteiger partial charge in [0.15, 0.2) is 0 Å². The van der Waals surface area contributed by atoms with E-state index < -0.39 is 0 Å². The Morgan fingerprint density at radius 1 is 1.35 bits per heavy atom. The molecule has 0 atom stereocenters. The molecule has 0 bridgehead atoms. The Kier molecular flexibility index (Phi) is 4.92. The Labute approximate surface area is 136 Å². The number of carbonyl (C=O) groups excluding carboxylic acids is 1. The fraction of sp³-hybridized carbons (Fsp3) is 0.412. The van der Waals surface area contributed by atoms with E-state index in [1.54, 1.807) is 6.20 Å². The summed E-state index contributed by atoms with van der Waals surface area (Å²) in [5, 5.41) is 2.92. The predicted molar refractivity (Wildman–Crippen MR) is 86.5 cm³/mol. The van der Waals surface area contributed by atoms with Crippen molar-refractivity contribution in [2.75, 3.05) is 13.1 Å². The fourth-order valence-corrected chi connectivity index (χ4v) is 2.65. The lowest BCUT2D eigenvalue weighted by Gasteiger charge is -2.27. The fourth-order valence-electron chi connectivity index (χ4n) is 2.65. The molecule has 0 radical (unpaired) electrons. The number of carbonyl (C=O) groups is 1. The van der Waals surface area contributed by atoms with Crippen LogP contribution in [0.2, 0.25) is 0 Å². The minimum absolute atomic E-state index is 0.0175. The molecule has 1 aliphatic rings. The van der Waals surface area contributed by atoms with Crippen LogP contribution in [-0.4, -0.2) is 38.8 Å². The van der Waals surface area contributed by atoms with Crippen LogP contribution in [0.1, 0.15) is 29.7 Å². The first kappa shape index (κ1) is 15.6. The van der Waals surface area contributed by atoms with Gasteiger partial charge in [-0.3, -0.25) is 14.7 Å². The topological polar surface area (TPSA) is 71.0 Å². The van der Waals surface area contributed by atoms with Gasteiger partial charge in [-0.15, -0.1) is 0 Å². The molecule has 1 aliphatic heterocycles. The zero-order valence-corrected chi connectivity index (χ0v) is 13.3. The number of pyridine rings is 1. The summed E-state index contributed by atoms with van der Waals surface area (Å²) >= 11 is 0. The zero-order chi connectivity index (χ0) is 16.1. The van der Waals surface area contributed by atoms with Gasteiger partial charge in [0.1, 0.15) is 5.82 Å². The molecule has 0 fully saturated rings. The first-order chi connectivity index (χ1) is 11.2. The van der Waals surface area contributed by atoms with Gasteiger partial charge >= 0.3 is 0 Å². The number of amides is 1. The molecule has 23 heavy (non-hydrogen) atoms. The van der Waals surface area contributed by atoms with Crippen molar-refractivity contribution >= 4 is 5.91 Å². The van der Waals surface area contributed by atoms with Crippen molar-refractivity contribution in [2.24, 2.45) is 0 Å². The van der Waals surface area contributed by atoms with E-state index in [1.165, 1.54) is 5.56 Å². The lowest BCUT2D eigenvalue weighted by atomic mass is 10.1. The maximum absolute atomic E-state index is 12.1. The van der Waals surface area contributed by atoms with Crippen molar-refractivity contribution in [3.63, 3.8) is 0 Å². The summed E-state index contributed by atoms with van der Waals surface area (Å²) in [5.41, 5.74) is 3.12. The van der Waals surface area contributed by atoms with E-state index in [9.17, 15) is 4.79 Å². The lowest BCUT2D eigenvalue weighted by molar-refractivity contribution is -0.122. The van der Waals surface area contributed by atoms with Crippen LogP contribution < -0.4 is 5.32 Å². The average molecular weight is 311 g/mol. The molecule has 0 unspecified atom stereocenters. The molecule has 3 heterocycles. The van der Waals surface area contributed by atoms with Gasteiger partial charge in [-0.1, -0.05) is 13.0 Å². The Morgan fingerprint density at radius 2 is 2.26 bits per heavy atom. The second kappa shape index (κ2) is 7.28. The van der Waals surface area contributed by atoms with Gasteiger partial charge < -0.3 is 5.32 Å². The second-order valence-electron chi connectivity index (χ2n) is 5.67. The highest BCUT2D eigenvalue weighted by Gasteiger charge is 2.20. The van der Waals surface area contributed by atoms with Crippen molar-refractivity contribution < 1.29 is 4.79 Å². The van der Waals surface area contributed by atoms with E-state index in [0.717, 1.165) is 36.6 Å². The molecular formula is C17H21N5O. The van der Waals surface area contributed by atoms with Crippen LogP contribution in [0, 0.1) is 0 Å². The summed E-state index contributed by atoms with van der Waals surface area (Å²) in [6.45, 7) is 4.47. The summed E-state index contributed by atoms with van der Waals surface area (Å²) < 4.78 is 0. The van der Waals surface area contributed by atoms with Crippen molar-refractivity contribution in [1.29, 1.82) is 0 Å². The highest BCUT2D eigenvalue weighted by molar-refractivity contribution is 5.78. The number of hydrogen-bond acceptors (Lipinski definition) is 5. The van der Waals surface area contributed by atoms with Crippen molar-refractivity contribution in [3.05, 3.63) is 53.4 Å². The number of aryl methyl sites for hydroxylation is 1. The maximum Gasteiger partial charge on any atom is 0.234 e. The molecule has 6 heteroatoms. The van der Waals surface area contributed by atoms with Gasteiger partial charge in [0.25, 0.3) is 0 Å². The molecule has 6 nitrogen and oxygen atoms in total. The van der Waals surface area contributed by atoms with Gasteiger partial charge in [-0.05, 0) is 24.1 Å². The van der Waals surface area contributed by atoms with E-state index in [1.807, 2.05) is 31.3 Å². The molecule has 120 valence electrons. The quantitative estimate of drug-likeness (QED) is 0.895. The highest BCUT2D eigenvalue weighted by atomic mass is 16.2. The highest BCUT2D eigenvalue weighted by Crippen LogP contribution is 2.16. The Balaban J connectivity index is 1.53. The van der Waals surface area contributed by atoms with Crippen LogP contribution in [0.25, 0.3) is 0 Å². The van der Waals surface area contributed by atoms with Gasteiger partial charge in [-0.25, -0.2) is 9.97 Å². The third-order valence-electron chi connectivity index (χ3n) is 3.95. The number of nitrogens with one attached hydrogen (secondary N) is 1. The van der Waals surface area contributed by atoms with Crippen LogP contribution in [0.4, 0.5) is 0 Å². The van der Waals surface area contributed by atoms with E-state index >= 15 is 0 Å². The average Bonchev–Trinajstić information content (AvgIpc) is 2.60. The van der Waals surface area contributed by atoms with E-state index in [0.29, 0.717) is 19.6 Å². The molecule has 0 aliphatic carbocycles. The van der Waals surface area contributed by atoms with E-state index in [4.69, 9.17) is 0 Å². The molecular weight excluding hydrogens is 290 g/mol. The summed E-state index contributed by atoms with van der Waals surface area (Å²) in [6, 6.07) is 5.69. The van der Waals surface area contributed by atoms with Crippen LogP contribution in [0.3, 0.4) is 0 Å². The molecule has 3 rings (SSSR count). The number of fused-ring (bicyclic) bond motifs is 1. The van der Waals surface area contributed by atoms with Gasteiger partial charge in [0.2, 0.25) is 5.91 Å². The van der Waals surface area contributed by atoms with Crippen LogP contribution in [-0.2, 0) is 30.7 Å². The van der Waals surface area contributed by atoms with E-state index in [-0.39, 0.29) is 5.91 Å². The van der Waals surface area contributed by atoms with Crippen molar-refractivity contribution in [3.8, 4) is 0 Å². The number of rotatable bonds is 5. The molecule has 1 N–H and O–H groups in total. The minimum atomic E-state index is 0.0175. The Morgan fingerprint density at radius 3 is 3.04 bits per heavy atom. The number of hydrogen-bond donors (Lipinski definition) is 1. The molecule has 0 saturated carbocycles. The molecule has 1 amide bonds. The maximum atomic E-state index is 12.1. The molecule has 0 aromatic carbocycles. The molecule has 2 aromatic rings. The molecule has 2 aromatic heterocycles. The summed E-state index contributed by atoms with van der Waals surface area (Å²) in [7, 11) is 0. The van der Waals surface area contributed by atoms with Gasteiger partial charge in [0, 0.05) is 31.9 Å². The number of nitrogens with zero attached hydrogens (tertiary/aromatic N) is 4. The van der Waals surface area contributed by atoms with Gasteiger partial charge in [0.05, 0.1) is 24.5 Å². The monoisotopic (exact) mass is 311 g/mol. The van der Waals surface area contributed by atoms with Gasteiger partial charge in [-0.2, -0.15) is 0 Å². The smallest absolute Gasteiger partial charge is 0.234 e. The summed E-state index contributed by atoms with van der Waals surface area (Å²) in [4.78, 5) is 27.4. The van der Waals surface area contributed by atoms with Crippen molar-refractivity contribution in [1.82, 2.24) is 25.2 Å². The van der Waals surface area contributed by atoms with Crippen molar-refractivity contribution in [2.45, 2.75) is 32.9 Å². The first-order valence-corrected chi connectivity index (χ1v) is 7.97. The lowest BCUT2D eigenvalue weighted by Crippen LogP contribution is -2.40. The zero-order valence-electron chi connectivity index (χ0n) is 13.3. The van der Waals surface area contributed by atoms with Crippen LogP contribution >= 0.6 is 0 Å². The van der Waals surface area contributed by atoms with Crippen LogP contribution in [0.15, 0.2) is 30.6 Å². The predicted octanol–water partition coefficient (Wildman–Crippen LogP) is 1.11. The second-order valence-corrected chi connectivity index (χ2v) is 5.67. The standard InChI is InChI=1S/C17H21N5O/c1-2-16-19-9-13-6-8-22(11-15(13)21-16)12-17(23)20-10-14-5-3-4-7-18-14/h3-5,7,9H,2,6,8,10-12H2,1H3,(H,20,23).